The minimum Gasteiger partial charge on any atom is -0.496 e. The van der Waals surface area contributed by atoms with Crippen molar-refractivity contribution in [3.8, 4) is 11.5 Å². The Kier molecular flexibility index (Phi) is 3.60. The predicted octanol–water partition coefficient (Wildman–Crippen LogP) is 2.30. The maximum Gasteiger partial charge on any atom is 0.124 e. The summed E-state index contributed by atoms with van der Waals surface area (Å²) < 4.78 is 16.1. The van der Waals surface area contributed by atoms with Gasteiger partial charge in [0.05, 0.1) is 12.8 Å². The number of nitrogens with one attached hydrogen (secondary N) is 1. The summed E-state index contributed by atoms with van der Waals surface area (Å²) in [5, 5.41) is 7.19. The number of nitrogens with zero attached hydrogens (tertiary/aromatic N) is 1. The number of rotatable bonds is 5. The molecule has 2 heterocycles. The van der Waals surface area contributed by atoms with E-state index in [2.05, 4.69) is 29.5 Å². The summed E-state index contributed by atoms with van der Waals surface area (Å²) in [6.07, 6.45) is 2.76. The molecule has 1 aromatic heterocycles. The van der Waals surface area contributed by atoms with E-state index in [4.69, 9.17) is 14.0 Å². The lowest BCUT2D eigenvalue weighted by Gasteiger charge is -2.11. The lowest BCUT2D eigenvalue weighted by molar-refractivity contribution is 0.254. The highest BCUT2D eigenvalue weighted by Gasteiger charge is 2.21. The summed E-state index contributed by atoms with van der Waals surface area (Å²) in [5.41, 5.74) is 3.19. The van der Waals surface area contributed by atoms with Crippen molar-refractivity contribution in [2.75, 3.05) is 7.11 Å². The topological polar surface area (TPSA) is 56.5 Å². The number of methoxy groups -OCH3 is 1. The summed E-state index contributed by atoms with van der Waals surface area (Å²) in [4.78, 5) is 0. The summed E-state index contributed by atoms with van der Waals surface area (Å²) in [6, 6.07) is 5.98. The third-order valence-electron chi connectivity index (χ3n) is 3.41. The summed E-state index contributed by atoms with van der Waals surface area (Å²) in [7, 11) is 1.70. The molecule has 0 spiro atoms. The lowest BCUT2D eigenvalue weighted by Crippen LogP contribution is -2.13. The van der Waals surface area contributed by atoms with Gasteiger partial charge in [-0.1, -0.05) is 5.16 Å². The molecule has 1 unspecified atom stereocenters. The van der Waals surface area contributed by atoms with E-state index < -0.39 is 0 Å². The van der Waals surface area contributed by atoms with Gasteiger partial charge in [-0.15, -0.1) is 0 Å². The number of ether oxygens (including phenoxy) is 2. The van der Waals surface area contributed by atoms with Crippen LogP contribution in [0.5, 0.6) is 11.5 Å². The van der Waals surface area contributed by atoms with E-state index in [1.807, 2.05) is 6.07 Å². The van der Waals surface area contributed by atoms with Crippen molar-refractivity contribution >= 4 is 0 Å². The van der Waals surface area contributed by atoms with E-state index in [1.54, 1.807) is 13.4 Å². The third kappa shape index (κ3) is 2.63. The van der Waals surface area contributed by atoms with Gasteiger partial charge >= 0.3 is 0 Å². The zero-order chi connectivity index (χ0) is 13.9. The second kappa shape index (κ2) is 5.54. The first kappa shape index (κ1) is 13.0. The summed E-state index contributed by atoms with van der Waals surface area (Å²) in [5.74, 6) is 1.87. The van der Waals surface area contributed by atoms with Gasteiger partial charge in [0.2, 0.25) is 0 Å². The van der Waals surface area contributed by atoms with E-state index in [1.165, 1.54) is 5.56 Å². The second-order valence-corrected chi connectivity index (χ2v) is 5.00. The Labute approximate surface area is 117 Å². The Bertz CT molecular complexity index is 581. The number of fused-ring (bicyclic) bond motifs is 1. The molecule has 0 saturated heterocycles. The molecule has 0 saturated carbocycles. The molecule has 0 bridgehead atoms. The maximum absolute atomic E-state index is 5.79. The molecule has 20 heavy (non-hydrogen) atoms. The Balaban J connectivity index is 1.70. The maximum atomic E-state index is 5.79. The third-order valence-corrected chi connectivity index (χ3v) is 3.41. The van der Waals surface area contributed by atoms with Crippen molar-refractivity contribution in [2.45, 2.75) is 32.5 Å². The molecule has 0 radical (unpaired) electrons. The van der Waals surface area contributed by atoms with Crippen molar-refractivity contribution in [3.05, 3.63) is 41.3 Å². The van der Waals surface area contributed by atoms with E-state index in [0.29, 0.717) is 13.1 Å². The Morgan fingerprint density at radius 3 is 3.05 bits per heavy atom. The van der Waals surface area contributed by atoms with Gasteiger partial charge < -0.3 is 19.3 Å². The molecule has 5 nitrogen and oxygen atoms in total. The second-order valence-electron chi connectivity index (χ2n) is 5.00. The van der Waals surface area contributed by atoms with E-state index >= 15 is 0 Å². The van der Waals surface area contributed by atoms with Gasteiger partial charge in [-0.2, -0.15) is 0 Å². The van der Waals surface area contributed by atoms with Gasteiger partial charge in [0, 0.05) is 36.7 Å². The number of hydrogen-bond donors (Lipinski definition) is 1. The highest BCUT2D eigenvalue weighted by molar-refractivity contribution is 5.48. The first-order chi connectivity index (χ1) is 9.76. The molecule has 5 heteroatoms. The largest absolute Gasteiger partial charge is 0.496 e. The van der Waals surface area contributed by atoms with Crippen LogP contribution in [0.3, 0.4) is 0 Å². The molecular formula is C15H18N2O3. The van der Waals surface area contributed by atoms with E-state index in [0.717, 1.165) is 29.2 Å². The molecule has 1 N–H and O–H groups in total. The molecule has 0 amide bonds. The van der Waals surface area contributed by atoms with Crippen molar-refractivity contribution < 1.29 is 14.0 Å². The Morgan fingerprint density at radius 2 is 2.30 bits per heavy atom. The highest BCUT2D eigenvalue weighted by Crippen LogP contribution is 2.34. The molecule has 0 fully saturated rings. The van der Waals surface area contributed by atoms with Crippen LogP contribution in [0.25, 0.3) is 0 Å². The average molecular weight is 274 g/mol. The molecule has 106 valence electrons. The molecule has 1 aromatic carbocycles. The number of benzene rings is 1. The zero-order valence-electron chi connectivity index (χ0n) is 11.7. The first-order valence-corrected chi connectivity index (χ1v) is 6.72. The zero-order valence-corrected chi connectivity index (χ0v) is 11.7. The van der Waals surface area contributed by atoms with Gasteiger partial charge in [-0.25, -0.2) is 0 Å². The minimum absolute atomic E-state index is 0.244. The van der Waals surface area contributed by atoms with Gasteiger partial charge in [0.25, 0.3) is 0 Å². The minimum atomic E-state index is 0.244. The SMILES string of the molecule is COc1cc2c(cc1CNCc1ccon1)OC(C)C2. The Morgan fingerprint density at radius 1 is 1.40 bits per heavy atom. The van der Waals surface area contributed by atoms with Crippen LogP contribution in [0.4, 0.5) is 0 Å². The normalized spacial score (nSPS) is 16.8. The summed E-state index contributed by atoms with van der Waals surface area (Å²) >= 11 is 0. The molecule has 0 aliphatic carbocycles. The standard InChI is InChI=1S/C15H18N2O3/c1-10-5-11-6-14(18-2)12(7-15(11)20-10)8-16-9-13-3-4-19-17-13/h3-4,6-7,10,16H,5,8-9H2,1-2H3. The monoisotopic (exact) mass is 274 g/mol. The fourth-order valence-corrected chi connectivity index (χ4v) is 2.46. The van der Waals surface area contributed by atoms with Crippen LogP contribution in [-0.4, -0.2) is 18.4 Å². The molecule has 3 rings (SSSR count). The van der Waals surface area contributed by atoms with Gasteiger partial charge in [-0.05, 0) is 19.1 Å². The average Bonchev–Trinajstić information content (AvgIpc) is 3.05. The smallest absolute Gasteiger partial charge is 0.124 e. The molecule has 2 aromatic rings. The first-order valence-electron chi connectivity index (χ1n) is 6.72. The molecule has 1 aliphatic heterocycles. The molecular weight excluding hydrogens is 256 g/mol. The van der Waals surface area contributed by atoms with Crippen molar-refractivity contribution in [1.82, 2.24) is 10.5 Å². The van der Waals surface area contributed by atoms with Crippen LogP contribution in [0.1, 0.15) is 23.7 Å². The van der Waals surface area contributed by atoms with E-state index in [-0.39, 0.29) is 6.10 Å². The van der Waals surface area contributed by atoms with Crippen molar-refractivity contribution in [1.29, 1.82) is 0 Å². The van der Waals surface area contributed by atoms with Crippen molar-refractivity contribution in [2.24, 2.45) is 0 Å². The number of hydrogen-bond acceptors (Lipinski definition) is 5. The predicted molar refractivity (Wildman–Crippen MR) is 73.8 cm³/mol. The van der Waals surface area contributed by atoms with Gasteiger partial charge in [0.15, 0.2) is 0 Å². The van der Waals surface area contributed by atoms with Crippen LogP contribution in [0, 0.1) is 0 Å². The van der Waals surface area contributed by atoms with Crippen LogP contribution in [-0.2, 0) is 19.5 Å². The molecule has 1 aliphatic rings. The fraction of sp³-hybridized carbons (Fsp3) is 0.400. The van der Waals surface area contributed by atoms with Gasteiger partial charge in [0.1, 0.15) is 23.9 Å². The van der Waals surface area contributed by atoms with Crippen LogP contribution in [0.2, 0.25) is 0 Å². The van der Waals surface area contributed by atoms with Crippen LogP contribution in [0.15, 0.2) is 29.0 Å². The molecule has 1 atom stereocenters. The number of aromatic nitrogens is 1. The Hall–Kier alpha value is -2.01. The quantitative estimate of drug-likeness (QED) is 0.906. The fourth-order valence-electron chi connectivity index (χ4n) is 2.46. The van der Waals surface area contributed by atoms with Crippen LogP contribution >= 0.6 is 0 Å². The van der Waals surface area contributed by atoms with Crippen molar-refractivity contribution in [3.63, 3.8) is 0 Å². The van der Waals surface area contributed by atoms with Gasteiger partial charge in [-0.3, -0.25) is 0 Å². The summed E-state index contributed by atoms with van der Waals surface area (Å²) in [6.45, 7) is 3.43. The van der Waals surface area contributed by atoms with E-state index in [9.17, 15) is 0 Å². The highest BCUT2D eigenvalue weighted by atomic mass is 16.5. The lowest BCUT2D eigenvalue weighted by atomic mass is 10.1. The van der Waals surface area contributed by atoms with Crippen LogP contribution < -0.4 is 14.8 Å².